The number of anilines is 2. The van der Waals surface area contributed by atoms with Gasteiger partial charge in [-0.3, -0.25) is 14.6 Å². The van der Waals surface area contributed by atoms with Gasteiger partial charge in [0.1, 0.15) is 23.9 Å². The lowest BCUT2D eigenvalue weighted by atomic mass is 10.0. The summed E-state index contributed by atoms with van der Waals surface area (Å²) < 4.78 is 0. The summed E-state index contributed by atoms with van der Waals surface area (Å²) in [5.41, 5.74) is 2.71. The maximum absolute atomic E-state index is 12.7. The first kappa shape index (κ1) is 24.8. The number of carbonyl (C=O) groups excluding carboxylic acids is 2. The summed E-state index contributed by atoms with van der Waals surface area (Å²) in [7, 11) is 3.99. The molecule has 0 fully saturated rings. The van der Waals surface area contributed by atoms with Crippen molar-refractivity contribution >= 4 is 35.4 Å². The highest BCUT2D eigenvalue weighted by atomic mass is 16.2. The lowest BCUT2D eigenvalue weighted by Gasteiger charge is -2.18. The Hall–Kier alpha value is -3.33. The predicted molar refractivity (Wildman–Crippen MR) is 138 cm³/mol. The van der Waals surface area contributed by atoms with Crippen molar-refractivity contribution in [1.82, 2.24) is 19.8 Å². The van der Waals surface area contributed by atoms with Crippen LogP contribution in [0.1, 0.15) is 55.6 Å². The van der Waals surface area contributed by atoms with E-state index in [0.717, 1.165) is 50.9 Å². The monoisotopic (exact) mass is 477 g/mol. The van der Waals surface area contributed by atoms with Gasteiger partial charge in [0.25, 0.3) is 0 Å². The smallest absolute Gasteiger partial charge is 0.238 e. The molecule has 1 aromatic carbocycles. The van der Waals surface area contributed by atoms with Crippen LogP contribution in [-0.2, 0) is 16.1 Å². The Balaban J connectivity index is 1.54. The molecule has 9 heteroatoms. The van der Waals surface area contributed by atoms with Crippen LogP contribution in [0, 0.1) is 0 Å². The number of fused-ring (bicyclic) bond motifs is 2. The molecule has 2 amide bonds. The molecule has 2 bridgehead atoms. The summed E-state index contributed by atoms with van der Waals surface area (Å²) in [6.07, 6.45) is 8.75. The Morgan fingerprint density at radius 2 is 1.80 bits per heavy atom. The minimum atomic E-state index is -0.567. The molecule has 0 radical (unpaired) electrons. The van der Waals surface area contributed by atoms with Crippen molar-refractivity contribution in [3.05, 3.63) is 41.7 Å². The van der Waals surface area contributed by atoms with Crippen molar-refractivity contribution < 1.29 is 9.59 Å². The van der Waals surface area contributed by atoms with E-state index in [1.54, 1.807) is 11.1 Å². The van der Waals surface area contributed by atoms with Gasteiger partial charge in [-0.05, 0) is 50.6 Å². The van der Waals surface area contributed by atoms with E-state index in [1.807, 2.05) is 19.2 Å². The molecule has 1 atom stereocenters. The highest BCUT2D eigenvalue weighted by molar-refractivity contribution is 6.13. The van der Waals surface area contributed by atoms with Crippen molar-refractivity contribution in [3.8, 4) is 0 Å². The van der Waals surface area contributed by atoms with Crippen molar-refractivity contribution in [2.75, 3.05) is 44.4 Å². The lowest BCUT2D eigenvalue weighted by molar-refractivity contribution is -0.130. The fourth-order valence-electron chi connectivity index (χ4n) is 4.53. The fraction of sp³-hybridized carbons (Fsp3) is 0.500. The molecule has 2 aromatic rings. The van der Waals surface area contributed by atoms with Gasteiger partial charge in [0.2, 0.25) is 11.8 Å². The van der Waals surface area contributed by atoms with Gasteiger partial charge in [0.15, 0.2) is 0 Å². The van der Waals surface area contributed by atoms with Crippen LogP contribution in [0.5, 0.6) is 0 Å². The molecule has 186 valence electrons. The first-order valence-electron chi connectivity index (χ1n) is 12.5. The van der Waals surface area contributed by atoms with Crippen LogP contribution in [0.15, 0.2) is 35.6 Å². The Bertz CT molecular complexity index is 1070. The van der Waals surface area contributed by atoms with Crippen LogP contribution < -0.4 is 10.6 Å². The van der Waals surface area contributed by atoms with Gasteiger partial charge in [0.05, 0.1) is 11.3 Å². The molecule has 1 unspecified atom stereocenters. The first-order chi connectivity index (χ1) is 17.0. The van der Waals surface area contributed by atoms with E-state index in [4.69, 9.17) is 0 Å². The molecular weight excluding hydrogens is 442 g/mol. The number of nitrogens with zero attached hydrogens (tertiary/aromatic N) is 5. The zero-order valence-electron chi connectivity index (χ0n) is 20.7. The number of nitrogens with one attached hydrogen (secondary N) is 2. The molecule has 3 heterocycles. The Labute approximate surface area is 207 Å². The van der Waals surface area contributed by atoms with E-state index >= 15 is 0 Å². The van der Waals surface area contributed by atoms with Crippen molar-refractivity contribution in [2.45, 2.75) is 51.0 Å². The first-order valence-corrected chi connectivity index (χ1v) is 12.5. The van der Waals surface area contributed by atoms with Crippen LogP contribution in [0.25, 0.3) is 0 Å². The Kier molecular flexibility index (Phi) is 8.41. The third kappa shape index (κ3) is 6.63. The standard InChI is InChI=1S/C26H35N7O2/c1-32-13-6-4-3-5-11-22(34)33(2)14-8-12-27-24-23-21(26(35)31-25(23)30-18-29-24)16-28-20-10-7-9-19(15-20)17-32/h7,9-10,15-16,18,21H,3-6,8,11-14,17H2,1-2H3,(H2,27,29,30,31,35). The van der Waals surface area contributed by atoms with E-state index < -0.39 is 5.92 Å². The Morgan fingerprint density at radius 1 is 0.971 bits per heavy atom. The number of benzene rings is 1. The number of rotatable bonds is 0. The number of amides is 2. The van der Waals surface area contributed by atoms with Crippen LogP contribution in [0.3, 0.4) is 0 Å². The zero-order valence-corrected chi connectivity index (χ0v) is 20.7. The van der Waals surface area contributed by atoms with Crippen molar-refractivity contribution in [3.63, 3.8) is 0 Å². The molecule has 0 aliphatic carbocycles. The third-order valence-corrected chi connectivity index (χ3v) is 6.52. The Morgan fingerprint density at radius 3 is 2.69 bits per heavy atom. The minimum Gasteiger partial charge on any atom is -0.370 e. The number of aromatic nitrogens is 2. The van der Waals surface area contributed by atoms with Gasteiger partial charge in [-0.1, -0.05) is 25.0 Å². The molecule has 35 heavy (non-hydrogen) atoms. The summed E-state index contributed by atoms with van der Waals surface area (Å²) in [5, 5.41) is 6.17. The molecule has 2 aliphatic heterocycles. The van der Waals surface area contributed by atoms with E-state index in [2.05, 4.69) is 49.7 Å². The topological polar surface area (TPSA) is 103 Å². The molecule has 4 rings (SSSR count). The third-order valence-electron chi connectivity index (χ3n) is 6.52. The molecule has 2 aliphatic rings. The normalized spacial score (nSPS) is 20.9. The lowest BCUT2D eigenvalue weighted by Crippen LogP contribution is -2.28. The molecular formula is C26H35N7O2. The average molecular weight is 478 g/mol. The zero-order chi connectivity index (χ0) is 24.6. The molecule has 0 saturated heterocycles. The second kappa shape index (κ2) is 11.9. The van der Waals surface area contributed by atoms with Crippen molar-refractivity contribution in [1.29, 1.82) is 0 Å². The number of carbonyl (C=O) groups is 2. The van der Waals surface area contributed by atoms with Gasteiger partial charge < -0.3 is 20.4 Å². The molecule has 0 spiro atoms. The molecule has 2 N–H and O–H groups in total. The summed E-state index contributed by atoms with van der Waals surface area (Å²) in [4.78, 5) is 42.5. The number of aliphatic imine (C=N–C) groups is 1. The maximum Gasteiger partial charge on any atom is 0.238 e. The van der Waals surface area contributed by atoms with Gasteiger partial charge in [-0.15, -0.1) is 0 Å². The molecule has 1 aromatic heterocycles. The van der Waals surface area contributed by atoms with Gasteiger partial charge in [-0.2, -0.15) is 0 Å². The SMILES string of the molecule is CN1CCCCCCC(=O)N(C)CCCNc2ncnc3c2C(C=Nc2cccc(c2)C1)C(=O)N3. The largest absolute Gasteiger partial charge is 0.370 e. The summed E-state index contributed by atoms with van der Waals surface area (Å²) in [5.74, 6) is 0.598. The summed E-state index contributed by atoms with van der Waals surface area (Å²) >= 11 is 0. The maximum atomic E-state index is 12.7. The quantitative estimate of drug-likeness (QED) is 0.601. The summed E-state index contributed by atoms with van der Waals surface area (Å²) in [6, 6.07) is 8.12. The van der Waals surface area contributed by atoms with Gasteiger partial charge >= 0.3 is 0 Å². The van der Waals surface area contributed by atoms with Gasteiger partial charge in [-0.25, -0.2) is 9.97 Å². The molecule has 9 nitrogen and oxygen atoms in total. The predicted octanol–water partition coefficient (Wildman–Crippen LogP) is 3.57. The van der Waals surface area contributed by atoms with Crippen LogP contribution in [0.4, 0.5) is 17.3 Å². The van der Waals surface area contributed by atoms with E-state index in [0.29, 0.717) is 36.7 Å². The second-order valence-electron chi connectivity index (χ2n) is 9.40. The fourth-order valence-corrected chi connectivity index (χ4v) is 4.53. The minimum absolute atomic E-state index is 0.164. The summed E-state index contributed by atoms with van der Waals surface area (Å²) in [6.45, 7) is 3.15. The highest BCUT2D eigenvalue weighted by Crippen LogP contribution is 2.34. The second-order valence-corrected chi connectivity index (χ2v) is 9.40. The van der Waals surface area contributed by atoms with Crippen molar-refractivity contribution in [2.24, 2.45) is 4.99 Å². The van der Waals surface area contributed by atoms with E-state index in [-0.39, 0.29) is 11.8 Å². The number of hydrogen-bond acceptors (Lipinski definition) is 7. The van der Waals surface area contributed by atoms with Crippen LogP contribution >= 0.6 is 0 Å². The van der Waals surface area contributed by atoms with Crippen LogP contribution in [-0.4, -0.2) is 71.5 Å². The van der Waals surface area contributed by atoms with Crippen LogP contribution in [0.2, 0.25) is 0 Å². The van der Waals surface area contributed by atoms with E-state index in [9.17, 15) is 9.59 Å². The average Bonchev–Trinajstić information content (AvgIpc) is 3.17. The highest BCUT2D eigenvalue weighted by Gasteiger charge is 2.33. The van der Waals surface area contributed by atoms with E-state index in [1.165, 1.54) is 11.9 Å². The molecule has 0 saturated carbocycles. The van der Waals surface area contributed by atoms with Gasteiger partial charge in [0, 0.05) is 39.3 Å². The number of hydrogen-bond donors (Lipinski definition) is 2.